The summed E-state index contributed by atoms with van der Waals surface area (Å²) in [5, 5.41) is 10.0. The molecule has 2 aromatic rings. The first-order chi connectivity index (χ1) is 8.29. The second-order valence-corrected chi connectivity index (χ2v) is 5.49. The Morgan fingerprint density at radius 3 is 3.12 bits per heavy atom. The molecule has 0 fully saturated rings. The van der Waals surface area contributed by atoms with Crippen molar-refractivity contribution in [3.05, 3.63) is 33.9 Å². The van der Waals surface area contributed by atoms with Gasteiger partial charge in [0, 0.05) is 29.0 Å². The Balaban J connectivity index is 2.22. The number of benzene rings is 1. The first-order valence-corrected chi connectivity index (χ1v) is 6.76. The molecule has 2 heterocycles. The highest BCUT2D eigenvalue weighted by Crippen LogP contribution is 2.32. The van der Waals surface area contributed by atoms with Crippen molar-refractivity contribution in [3.63, 3.8) is 0 Å². The van der Waals surface area contributed by atoms with E-state index in [2.05, 4.69) is 44.9 Å². The van der Waals surface area contributed by atoms with Gasteiger partial charge in [0.1, 0.15) is 0 Å². The molecule has 1 aromatic heterocycles. The largest absolute Gasteiger partial charge is 0.347 e. The molecule has 0 aliphatic carbocycles. The molecule has 86 valence electrons. The summed E-state index contributed by atoms with van der Waals surface area (Å²) in [6, 6.07) is 6.65. The molecular formula is C14H13BrN2. The average molecular weight is 289 g/mol. The summed E-state index contributed by atoms with van der Waals surface area (Å²) >= 11 is 3.59. The number of halogens is 1. The van der Waals surface area contributed by atoms with Crippen LogP contribution in [0.5, 0.6) is 0 Å². The molecule has 0 spiro atoms. The third-order valence-electron chi connectivity index (χ3n) is 3.45. The molecule has 0 unspecified atom stereocenters. The van der Waals surface area contributed by atoms with Gasteiger partial charge in [-0.2, -0.15) is 5.26 Å². The minimum Gasteiger partial charge on any atom is -0.347 e. The van der Waals surface area contributed by atoms with Gasteiger partial charge in [-0.25, -0.2) is 0 Å². The quantitative estimate of drug-likeness (QED) is 0.826. The molecule has 0 N–H and O–H groups in total. The summed E-state index contributed by atoms with van der Waals surface area (Å²) in [5.74, 6) is 0. The maximum absolute atomic E-state index is 8.72. The lowest BCUT2D eigenvalue weighted by Crippen LogP contribution is -2.06. The van der Waals surface area contributed by atoms with E-state index < -0.39 is 0 Å². The molecule has 3 rings (SSSR count). The highest BCUT2D eigenvalue weighted by molar-refractivity contribution is 9.10. The molecule has 0 bridgehead atoms. The maximum Gasteiger partial charge on any atom is 0.0625 e. The second kappa shape index (κ2) is 4.19. The third kappa shape index (κ3) is 1.77. The van der Waals surface area contributed by atoms with Gasteiger partial charge in [-0.15, -0.1) is 0 Å². The smallest absolute Gasteiger partial charge is 0.0625 e. The van der Waals surface area contributed by atoms with Gasteiger partial charge in [0.25, 0.3) is 0 Å². The standard InChI is InChI=1S/C14H13BrN2/c15-12-7-10-4-2-6-17-9-11(3-1-5-16)13(8-12)14(10)17/h7-9H,1-4,6H2. The van der Waals surface area contributed by atoms with E-state index in [1.54, 1.807) is 0 Å². The molecule has 1 aromatic carbocycles. The fourth-order valence-electron chi connectivity index (χ4n) is 2.76. The number of nitriles is 1. The van der Waals surface area contributed by atoms with Crippen LogP contribution in [-0.4, -0.2) is 4.57 Å². The van der Waals surface area contributed by atoms with E-state index in [4.69, 9.17) is 5.26 Å². The van der Waals surface area contributed by atoms with Gasteiger partial charge in [0.2, 0.25) is 0 Å². The number of hydrogen-bond donors (Lipinski definition) is 0. The zero-order valence-electron chi connectivity index (χ0n) is 9.54. The minimum absolute atomic E-state index is 0.598. The van der Waals surface area contributed by atoms with Crippen molar-refractivity contribution in [2.24, 2.45) is 0 Å². The van der Waals surface area contributed by atoms with Gasteiger partial charge in [-0.05, 0) is 42.5 Å². The Morgan fingerprint density at radius 2 is 2.29 bits per heavy atom. The van der Waals surface area contributed by atoms with E-state index in [1.807, 2.05) is 0 Å². The molecular weight excluding hydrogens is 276 g/mol. The number of aromatic nitrogens is 1. The van der Waals surface area contributed by atoms with Gasteiger partial charge in [0.05, 0.1) is 11.6 Å². The van der Waals surface area contributed by atoms with Gasteiger partial charge in [-0.3, -0.25) is 0 Å². The fraction of sp³-hybridized carbons (Fsp3) is 0.357. The molecule has 0 atom stereocenters. The highest BCUT2D eigenvalue weighted by atomic mass is 79.9. The van der Waals surface area contributed by atoms with Crippen molar-refractivity contribution >= 4 is 26.8 Å². The average Bonchev–Trinajstić information content (AvgIpc) is 2.66. The van der Waals surface area contributed by atoms with E-state index in [-0.39, 0.29) is 0 Å². The van der Waals surface area contributed by atoms with Crippen LogP contribution >= 0.6 is 15.9 Å². The summed E-state index contributed by atoms with van der Waals surface area (Å²) in [7, 11) is 0. The summed E-state index contributed by atoms with van der Waals surface area (Å²) < 4.78 is 3.51. The molecule has 1 aliphatic heterocycles. The summed E-state index contributed by atoms with van der Waals surface area (Å²) in [5.41, 5.74) is 4.13. The zero-order valence-corrected chi connectivity index (χ0v) is 11.1. The first-order valence-electron chi connectivity index (χ1n) is 5.96. The number of nitrogens with zero attached hydrogens (tertiary/aromatic N) is 2. The number of hydrogen-bond acceptors (Lipinski definition) is 1. The predicted molar refractivity (Wildman–Crippen MR) is 71.9 cm³/mol. The lowest BCUT2D eigenvalue weighted by atomic mass is 10.0. The monoisotopic (exact) mass is 288 g/mol. The lowest BCUT2D eigenvalue weighted by Gasteiger charge is -2.15. The van der Waals surface area contributed by atoms with Crippen molar-refractivity contribution in [2.75, 3.05) is 0 Å². The van der Waals surface area contributed by atoms with E-state index in [1.165, 1.54) is 28.5 Å². The Morgan fingerprint density at radius 1 is 1.41 bits per heavy atom. The van der Waals surface area contributed by atoms with Crippen molar-refractivity contribution < 1.29 is 0 Å². The van der Waals surface area contributed by atoms with Crippen LogP contribution in [0.3, 0.4) is 0 Å². The van der Waals surface area contributed by atoms with Crippen LogP contribution in [0.25, 0.3) is 10.9 Å². The molecule has 0 saturated carbocycles. The van der Waals surface area contributed by atoms with Crippen molar-refractivity contribution in [1.82, 2.24) is 4.57 Å². The molecule has 3 heteroatoms. The van der Waals surface area contributed by atoms with Crippen LogP contribution in [0.15, 0.2) is 22.8 Å². The van der Waals surface area contributed by atoms with Crippen molar-refractivity contribution in [3.8, 4) is 6.07 Å². The number of aryl methyl sites for hydroxylation is 3. The van der Waals surface area contributed by atoms with Gasteiger partial charge in [0.15, 0.2) is 0 Å². The van der Waals surface area contributed by atoms with E-state index in [0.29, 0.717) is 6.42 Å². The summed E-state index contributed by atoms with van der Waals surface area (Å²) in [6.07, 6.45) is 6.07. The third-order valence-corrected chi connectivity index (χ3v) is 3.91. The van der Waals surface area contributed by atoms with Crippen LogP contribution < -0.4 is 0 Å². The van der Waals surface area contributed by atoms with E-state index in [0.717, 1.165) is 23.9 Å². The van der Waals surface area contributed by atoms with Crippen LogP contribution in [-0.2, 0) is 19.4 Å². The van der Waals surface area contributed by atoms with Gasteiger partial charge < -0.3 is 4.57 Å². The highest BCUT2D eigenvalue weighted by Gasteiger charge is 2.16. The predicted octanol–water partition coefficient (Wildman–Crippen LogP) is 3.81. The Labute approximate surface area is 109 Å². The minimum atomic E-state index is 0.598. The molecule has 0 amide bonds. The molecule has 17 heavy (non-hydrogen) atoms. The van der Waals surface area contributed by atoms with Gasteiger partial charge >= 0.3 is 0 Å². The molecule has 0 saturated heterocycles. The Bertz CT molecular complexity index is 619. The van der Waals surface area contributed by atoms with Crippen LogP contribution in [0, 0.1) is 11.3 Å². The van der Waals surface area contributed by atoms with Crippen LogP contribution in [0.1, 0.15) is 24.0 Å². The van der Waals surface area contributed by atoms with E-state index >= 15 is 0 Å². The fourth-order valence-corrected chi connectivity index (χ4v) is 3.26. The molecule has 2 nitrogen and oxygen atoms in total. The topological polar surface area (TPSA) is 28.7 Å². The van der Waals surface area contributed by atoms with Crippen LogP contribution in [0.4, 0.5) is 0 Å². The van der Waals surface area contributed by atoms with Gasteiger partial charge in [-0.1, -0.05) is 15.9 Å². The van der Waals surface area contributed by atoms with Crippen molar-refractivity contribution in [1.29, 1.82) is 5.26 Å². The molecule has 0 radical (unpaired) electrons. The Hall–Kier alpha value is -1.27. The maximum atomic E-state index is 8.72. The SMILES string of the molecule is N#CCCc1cn2c3c(cc(Br)cc13)CCC2. The van der Waals surface area contributed by atoms with E-state index in [9.17, 15) is 0 Å². The number of rotatable bonds is 2. The zero-order chi connectivity index (χ0) is 11.8. The van der Waals surface area contributed by atoms with Crippen molar-refractivity contribution in [2.45, 2.75) is 32.2 Å². The van der Waals surface area contributed by atoms with Crippen LogP contribution in [0.2, 0.25) is 0 Å². The summed E-state index contributed by atoms with van der Waals surface area (Å²) in [6.45, 7) is 1.11. The first kappa shape index (κ1) is 10.9. The summed E-state index contributed by atoms with van der Waals surface area (Å²) in [4.78, 5) is 0. The second-order valence-electron chi connectivity index (χ2n) is 4.57. The molecule has 1 aliphatic rings. The lowest BCUT2D eigenvalue weighted by molar-refractivity contribution is 0.634. The normalized spacial score (nSPS) is 13.9. The Kier molecular flexibility index (Phi) is 2.68.